The summed E-state index contributed by atoms with van der Waals surface area (Å²) in [5, 5.41) is 8.77. The standard InChI is InChI=1S/C17H22N2O/c1-17(2)8-3-10-19(11-9-17)13-16(20)15-6-4-14(12-18)5-7-15/h4-7H,3,8-11,13H2,1-2H3. The lowest BCUT2D eigenvalue weighted by molar-refractivity contribution is 0.0930. The van der Waals surface area contributed by atoms with Gasteiger partial charge in [-0.2, -0.15) is 5.26 Å². The van der Waals surface area contributed by atoms with Crippen LogP contribution in [0.4, 0.5) is 0 Å². The van der Waals surface area contributed by atoms with Crippen molar-refractivity contribution in [3.63, 3.8) is 0 Å². The van der Waals surface area contributed by atoms with Crippen LogP contribution in [0.2, 0.25) is 0 Å². The van der Waals surface area contributed by atoms with Crippen molar-refractivity contribution in [1.29, 1.82) is 5.26 Å². The Morgan fingerprint density at radius 1 is 1.25 bits per heavy atom. The van der Waals surface area contributed by atoms with Gasteiger partial charge in [-0.3, -0.25) is 9.69 Å². The van der Waals surface area contributed by atoms with Gasteiger partial charge < -0.3 is 0 Å². The van der Waals surface area contributed by atoms with Crippen LogP contribution < -0.4 is 0 Å². The first-order valence-electron chi connectivity index (χ1n) is 7.26. The van der Waals surface area contributed by atoms with E-state index in [1.807, 2.05) is 0 Å². The summed E-state index contributed by atoms with van der Waals surface area (Å²) in [7, 11) is 0. The normalized spacial score (nSPS) is 19.1. The second-order valence-corrected chi connectivity index (χ2v) is 6.41. The molecule has 0 aliphatic carbocycles. The summed E-state index contributed by atoms with van der Waals surface area (Å²) in [5.74, 6) is 0.147. The monoisotopic (exact) mass is 270 g/mol. The topological polar surface area (TPSA) is 44.1 Å². The van der Waals surface area contributed by atoms with E-state index in [1.54, 1.807) is 24.3 Å². The van der Waals surface area contributed by atoms with E-state index in [-0.39, 0.29) is 5.78 Å². The average molecular weight is 270 g/mol. The van der Waals surface area contributed by atoms with Crippen molar-refractivity contribution in [3.8, 4) is 6.07 Å². The zero-order chi connectivity index (χ0) is 14.6. The maximum atomic E-state index is 12.3. The number of nitriles is 1. The van der Waals surface area contributed by atoms with Crippen LogP contribution in [0.3, 0.4) is 0 Å². The highest BCUT2D eigenvalue weighted by Crippen LogP contribution is 2.29. The second-order valence-electron chi connectivity index (χ2n) is 6.41. The zero-order valence-electron chi connectivity index (χ0n) is 12.4. The van der Waals surface area contributed by atoms with Gasteiger partial charge in [0.15, 0.2) is 5.78 Å². The fourth-order valence-electron chi connectivity index (χ4n) is 2.66. The van der Waals surface area contributed by atoms with E-state index in [1.165, 1.54) is 6.42 Å². The Hall–Kier alpha value is -1.66. The molecule has 1 saturated heterocycles. The van der Waals surface area contributed by atoms with E-state index < -0.39 is 0 Å². The number of carbonyl (C=O) groups is 1. The summed E-state index contributed by atoms with van der Waals surface area (Å²) >= 11 is 0. The predicted octanol–water partition coefficient (Wildman–Crippen LogP) is 3.25. The number of nitrogens with zero attached hydrogens (tertiary/aromatic N) is 2. The van der Waals surface area contributed by atoms with Crippen molar-refractivity contribution in [2.75, 3.05) is 19.6 Å². The summed E-state index contributed by atoms with van der Waals surface area (Å²) in [5.41, 5.74) is 1.69. The van der Waals surface area contributed by atoms with Crippen molar-refractivity contribution >= 4 is 5.78 Å². The molecule has 0 unspecified atom stereocenters. The smallest absolute Gasteiger partial charge is 0.176 e. The highest BCUT2D eigenvalue weighted by atomic mass is 16.1. The van der Waals surface area contributed by atoms with Gasteiger partial charge in [-0.1, -0.05) is 26.0 Å². The molecule has 2 rings (SSSR count). The zero-order valence-corrected chi connectivity index (χ0v) is 12.4. The Morgan fingerprint density at radius 2 is 1.95 bits per heavy atom. The van der Waals surface area contributed by atoms with Crippen LogP contribution in [0.25, 0.3) is 0 Å². The summed E-state index contributed by atoms with van der Waals surface area (Å²) in [6, 6.07) is 8.99. The van der Waals surface area contributed by atoms with Gasteiger partial charge in [-0.05, 0) is 49.9 Å². The molecular formula is C17H22N2O. The van der Waals surface area contributed by atoms with Gasteiger partial charge in [-0.15, -0.1) is 0 Å². The number of carbonyl (C=O) groups excluding carboxylic acids is 1. The van der Waals surface area contributed by atoms with Gasteiger partial charge in [0.05, 0.1) is 18.2 Å². The van der Waals surface area contributed by atoms with Crippen LogP contribution in [-0.2, 0) is 0 Å². The van der Waals surface area contributed by atoms with E-state index >= 15 is 0 Å². The Balaban J connectivity index is 1.95. The summed E-state index contributed by atoms with van der Waals surface area (Å²) in [4.78, 5) is 14.5. The third-order valence-electron chi connectivity index (χ3n) is 4.14. The van der Waals surface area contributed by atoms with E-state index in [0.717, 1.165) is 25.9 Å². The molecule has 1 aromatic rings. The number of Topliss-reactive ketones (excluding diaryl/α,β-unsaturated/α-hetero) is 1. The summed E-state index contributed by atoms with van der Waals surface area (Å²) in [6.07, 6.45) is 3.54. The number of hydrogen-bond acceptors (Lipinski definition) is 3. The van der Waals surface area contributed by atoms with Crippen LogP contribution in [0.1, 0.15) is 49.0 Å². The van der Waals surface area contributed by atoms with Crippen LogP contribution in [-0.4, -0.2) is 30.3 Å². The molecule has 1 aliphatic rings. The van der Waals surface area contributed by atoms with Crippen LogP contribution in [0.15, 0.2) is 24.3 Å². The van der Waals surface area contributed by atoms with Crippen LogP contribution in [0.5, 0.6) is 0 Å². The van der Waals surface area contributed by atoms with Crippen molar-refractivity contribution in [3.05, 3.63) is 35.4 Å². The molecule has 0 atom stereocenters. The lowest BCUT2D eigenvalue weighted by Crippen LogP contribution is -2.31. The first kappa shape index (κ1) is 14.7. The summed E-state index contributed by atoms with van der Waals surface area (Å²) in [6.45, 7) is 7.10. The Kier molecular flexibility index (Phi) is 4.57. The highest BCUT2D eigenvalue weighted by molar-refractivity contribution is 5.97. The number of benzene rings is 1. The first-order valence-corrected chi connectivity index (χ1v) is 7.26. The van der Waals surface area contributed by atoms with Gasteiger partial charge in [0.1, 0.15) is 0 Å². The number of hydrogen-bond donors (Lipinski definition) is 0. The molecule has 0 N–H and O–H groups in total. The third kappa shape index (κ3) is 3.91. The van der Waals surface area contributed by atoms with Crippen molar-refractivity contribution in [2.24, 2.45) is 5.41 Å². The first-order chi connectivity index (χ1) is 9.50. The largest absolute Gasteiger partial charge is 0.296 e. The van der Waals surface area contributed by atoms with Crippen LogP contribution >= 0.6 is 0 Å². The molecule has 1 fully saturated rings. The molecule has 0 aromatic heterocycles. The molecule has 20 heavy (non-hydrogen) atoms. The molecule has 0 saturated carbocycles. The van der Waals surface area contributed by atoms with Gasteiger partial charge in [-0.25, -0.2) is 0 Å². The Bertz CT molecular complexity index is 511. The van der Waals surface area contributed by atoms with Crippen molar-refractivity contribution in [1.82, 2.24) is 4.90 Å². The minimum absolute atomic E-state index is 0.147. The van der Waals surface area contributed by atoms with Crippen LogP contribution in [0, 0.1) is 16.7 Å². The fraction of sp³-hybridized carbons (Fsp3) is 0.529. The molecule has 3 heteroatoms. The maximum Gasteiger partial charge on any atom is 0.176 e. The molecule has 106 valence electrons. The van der Waals surface area contributed by atoms with E-state index in [4.69, 9.17) is 5.26 Å². The predicted molar refractivity (Wildman–Crippen MR) is 79.6 cm³/mol. The fourth-order valence-corrected chi connectivity index (χ4v) is 2.66. The Morgan fingerprint density at radius 3 is 2.60 bits per heavy atom. The molecule has 0 bridgehead atoms. The molecule has 3 nitrogen and oxygen atoms in total. The lowest BCUT2D eigenvalue weighted by Gasteiger charge is -2.22. The number of ketones is 1. The SMILES string of the molecule is CC1(C)CCCN(CC(=O)c2ccc(C#N)cc2)CC1. The highest BCUT2D eigenvalue weighted by Gasteiger charge is 2.24. The van der Waals surface area contributed by atoms with Gasteiger partial charge in [0, 0.05) is 5.56 Å². The van der Waals surface area contributed by atoms with Crippen molar-refractivity contribution < 1.29 is 4.79 Å². The lowest BCUT2D eigenvalue weighted by atomic mass is 9.85. The maximum absolute atomic E-state index is 12.3. The molecule has 0 amide bonds. The molecule has 1 aliphatic heterocycles. The van der Waals surface area contributed by atoms with E-state index in [9.17, 15) is 4.79 Å². The van der Waals surface area contributed by atoms with E-state index in [2.05, 4.69) is 24.8 Å². The second kappa shape index (κ2) is 6.19. The molecule has 1 heterocycles. The van der Waals surface area contributed by atoms with Gasteiger partial charge in [0.25, 0.3) is 0 Å². The van der Waals surface area contributed by atoms with Gasteiger partial charge in [0.2, 0.25) is 0 Å². The van der Waals surface area contributed by atoms with Crippen molar-refractivity contribution in [2.45, 2.75) is 33.1 Å². The number of rotatable bonds is 3. The molecule has 0 radical (unpaired) electrons. The molecule has 0 spiro atoms. The van der Waals surface area contributed by atoms with Gasteiger partial charge >= 0.3 is 0 Å². The quantitative estimate of drug-likeness (QED) is 0.792. The molecule has 1 aromatic carbocycles. The summed E-state index contributed by atoms with van der Waals surface area (Å²) < 4.78 is 0. The average Bonchev–Trinajstić information content (AvgIpc) is 2.60. The minimum atomic E-state index is 0.147. The molecular weight excluding hydrogens is 248 g/mol. The van der Waals surface area contributed by atoms with E-state index in [0.29, 0.717) is 23.1 Å². The Labute approximate surface area is 121 Å². The third-order valence-corrected chi connectivity index (χ3v) is 4.14. The number of likely N-dealkylation sites (tertiary alicyclic amines) is 1. The minimum Gasteiger partial charge on any atom is -0.296 e.